The molecule has 0 rings (SSSR count). The molecule has 5 heteroatoms. The van der Waals surface area contributed by atoms with E-state index < -0.39 is 11.6 Å². The maximum Gasteiger partial charge on any atom is 0.312 e. The number of hydrogen-bond acceptors (Lipinski definition) is 3. The molecule has 0 saturated carbocycles. The Balaban J connectivity index is 3.49. The maximum atomic E-state index is 10.3. The van der Waals surface area contributed by atoms with E-state index in [9.17, 15) is 9.90 Å². The third-order valence-electron chi connectivity index (χ3n) is 2.33. The van der Waals surface area contributed by atoms with Crippen molar-refractivity contribution in [1.82, 2.24) is 10.6 Å². The van der Waals surface area contributed by atoms with Crippen LogP contribution in [0.25, 0.3) is 0 Å². The van der Waals surface area contributed by atoms with Crippen LogP contribution in [0, 0.1) is 5.92 Å². The number of urea groups is 1. The van der Waals surface area contributed by atoms with Crippen LogP contribution < -0.4 is 16.4 Å². The SMILES string of the molecule is CC(C)C(C)(O)CNCCNC(N)=O. The number of nitrogens with two attached hydrogens (primary N) is 1. The minimum atomic E-state index is -0.716. The summed E-state index contributed by atoms with van der Waals surface area (Å²) in [7, 11) is 0. The second-order valence-electron chi connectivity index (χ2n) is 3.98. The molecule has 0 aromatic rings. The van der Waals surface area contributed by atoms with Crippen molar-refractivity contribution in [2.75, 3.05) is 19.6 Å². The van der Waals surface area contributed by atoms with Crippen LogP contribution >= 0.6 is 0 Å². The van der Waals surface area contributed by atoms with Gasteiger partial charge in [-0.2, -0.15) is 0 Å². The molecule has 1 atom stereocenters. The van der Waals surface area contributed by atoms with Crippen LogP contribution in [0.5, 0.6) is 0 Å². The fraction of sp³-hybridized carbons (Fsp3) is 0.889. The van der Waals surface area contributed by atoms with Crippen molar-refractivity contribution >= 4 is 6.03 Å². The Morgan fingerprint density at radius 2 is 2.07 bits per heavy atom. The summed E-state index contributed by atoms with van der Waals surface area (Å²) in [5, 5.41) is 15.3. The molecule has 84 valence electrons. The van der Waals surface area contributed by atoms with Gasteiger partial charge in [-0.05, 0) is 12.8 Å². The molecule has 0 saturated heterocycles. The van der Waals surface area contributed by atoms with E-state index in [1.54, 1.807) is 6.92 Å². The van der Waals surface area contributed by atoms with E-state index in [1.165, 1.54) is 0 Å². The number of nitrogens with one attached hydrogen (secondary N) is 2. The third-order valence-corrected chi connectivity index (χ3v) is 2.33. The molecule has 5 nitrogen and oxygen atoms in total. The Bertz CT molecular complexity index is 181. The standard InChI is InChI=1S/C9H21N3O2/c1-7(2)9(3,14)6-11-4-5-12-8(10)13/h7,11,14H,4-6H2,1-3H3,(H3,10,12,13). The van der Waals surface area contributed by atoms with Crippen LogP contribution in [-0.4, -0.2) is 36.4 Å². The van der Waals surface area contributed by atoms with Gasteiger partial charge in [0.1, 0.15) is 0 Å². The zero-order chi connectivity index (χ0) is 11.2. The van der Waals surface area contributed by atoms with E-state index in [0.717, 1.165) is 0 Å². The number of carbonyl (C=O) groups is 1. The molecular weight excluding hydrogens is 182 g/mol. The number of primary amides is 1. The predicted octanol–water partition coefficient (Wildman–Crippen LogP) is -0.349. The van der Waals surface area contributed by atoms with E-state index in [4.69, 9.17) is 5.73 Å². The number of amides is 2. The van der Waals surface area contributed by atoms with Crippen molar-refractivity contribution < 1.29 is 9.90 Å². The Labute approximate surface area is 85.1 Å². The fourth-order valence-corrected chi connectivity index (χ4v) is 0.820. The van der Waals surface area contributed by atoms with Gasteiger partial charge in [0.15, 0.2) is 0 Å². The highest BCUT2D eigenvalue weighted by atomic mass is 16.3. The smallest absolute Gasteiger partial charge is 0.312 e. The second kappa shape index (κ2) is 5.82. The second-order valence-corrected chi connectivity index (χ2v) is 3.98. The Kier molecular flexibility index (Phi) is 5.49. The fourth-order valence-electron chi connectivity index (χ4n) is 0.820. The first-order valence-corrected chi connectivity index (χ1v) is 4.82. The van der Waals surface area contributed by atoms with Gasteiger partial charge in [0.2, 0.25) is 0 Å². The van der Waals surface area contributed by atoms with Gasteiger partial charge in [0.05, 0.1) is 5.60 Å². The van der Waals surface area contributed by atoms with E-state index in [-0.39, 0.29) is 5.92 Å². The van der Waals surface area contributed by atoms with Crippen LogP contribution in [0.4, 0.5) is 4.79 Å². The van der Waals surface area contributed by atoms with Crippen molar-refractivity contribution in [2.24, 2.45) is 11.7 Å². The molecule has 0 radical (unpaired) electrons. The zero-order valence-corrected chi connectivity index (χ0v) is 9.13. The number of hydrogen-bond donors (Lipinski definition) is 4. The molecule has 14 heavy (non-hydrogen) atoms. The van der Waals surface area contributed by atoms with Gasteiger partial charge in [-0.3, -0.25) is 0 Å². The summed E-state index contributed by atoms with van der Waals surface area (Å²) in [5.41, 5.74) is 4.17. The van der Waals surface area contributed by atoms with E-state index in [1.807, 2.05) is 13.8 Å². The Morgan fingerprint density at radius 1 is 1.50 bits per heavy atom. The van der Waals surface area contributed by atoms with Crippen molar-refractivity contribution in [1.29, 1.82) is 0 Å². The van der Waals surface area contributed by atoms with Crippen LogP contribution in [0.3, 0.4) is 0 Å². The minimum absolute atomic E-state index is 0.194. The summed E-state index contributed by atoms with van der Waals surface area (Å²) in [6.07, 6.45) is 0. The molecule has 1 unspecified atom stereocenters. The van der Waals surface area contributed by atoms with Gasteiger partial charge in [-0.25, -0.2) is 4.79 Å². The van der Waals surface area contributed by atoms with Gasteiger partial charge in [-0.15, -0.1) is 0 Å². The first-order chi connectivity index (χ1) is 6.36. The summed E-state index contributed by atoms with van der Waals surface area (Å²) in [4.78, 5) is 10.3. The van der Waals surface area contributed by atoms with Crippen molar-refractivity contribution in [2.45, 2.75) is 26.4 Å². The first-order valence-electron chi connectivity index (χ1n) is 4.82. The summed E-state index contributed by atoms with van der Waals surface area (Å²) in [6, 6.07) is -0.526. The number of carbonyl (C=O) groups excluding carboxylic acids is 1. The maximum absolute atomic E-state index is 10.3. The van der Waals surface area contributed by atoms with Crippen molar-refractivity contribution in [3.63, 3.8) is 0 Å². The molecule has 2 amide bonds. The van der Waals surface area contributed by atoms with Gasteiger partial charge in [0, 0.05) is 19.6 Å². The summed E-state index contributed by atoms with van der Waals surface area (Å²) in [5.74, 6) is 0.194. The van der Waals surface area contributed by atoms with Gasteiger partial charge in [-0.1, -0.05) is 13.8 Å². The average molecular weight is 203 g/mol. The molecular formula is C9H21N3O2. The number of aliphatic hydroxyl groups is 1. The molecule has 0 bridgehead atoms. The summed E-state index contributed by atoms with van der Waals surface area (Å²) < 4.78 is 0. The Hall–Kier alpha value is -0.810. The monoisotopic (exact) mass is 203 g/mol. The van der Waals surface area contributed by atoms with Crippen LogP contribution in [-0.2, 0) is 0 Å². The van der Waals surface area contributed by atoms with Gasteiger partial charge >= 0.3 is 6.03 Å². The van der Waals surface area contributed by atoms with Crippen LogP contribution in [0.15, 0.2) is 0 Å². The van der Waals surface area contributed by atoms with Crippen LogP contribution in [0.1, 0.15) is 20.8 Å². The van der Waals surface area contributed by atoms with Crippen molar-refractivity contribution in [3.05, 3.63) is 0 Å². The quantitative estimate of drug-likeness (QED) is 0.445. The lowest BCUT2D eigenvalue weighted by molar-refractivity contribution is 0.0146. The van der Waals surface area contributed by atoms with Crippen molar-refractivity contribution in [3.8, 4) is 0 Å². The molecule has 0 aliphatic rings. The molecule has 0 aromatic heterocycles. The zero-order valence-electron chi connectivity index (χ0n) is 9.13. The topological polar surface area (TPSA) is 87.4 Å². The molecule has 0 heterocycles. The molecule has 0 aliphatic carbocycles. The Morgan fingerprint density at radius 3 is 2.50 bits per heavy atom. The summed E-state index contributed by atoms with van der Waals surface area (Å²) in [6.45, 7) is 7.29. The third kappa shape index (κ3) is 5.77. The molecule has 0 spiro atoms. The lowest BCUT2D eigenvalue weighted by atomic mass is 9.93. The normalized spacial score (nSPS) is 15.2. The van der Waals surface area contributed by atoms with Gasteiger partial charge < -0.3 is 21.5 Å². The number of rotatable bonds is 6. The first kappa shape index (κ1) is 13.2. The average Bonchev–Trinajstić information content (AvgIpc) is 2.02. The lowest BCUT2D eigenvalue weighted by Crippen LogP contribution is -2.44. The van der Waals surface area contributed by atoms with E-state index in [0.29, 0.717) is 19.6 Å². The molecule has 0 fully saturated rings. The van der Waals surface area contributed by atoms with E-state index in [2.05, 4.69) is 10.6 Å². The predicted molar refractivity (Wildman–Crippen MR) is 55.9 cm³/mol. The minimum Gasteiger partial charge on any atom is -0.389 e. The van der Waals surface area contributed by atoms with E-state index >= 15 is 0 Å². The highest BCUT2D eigenvalue weighted by Crippen LogP contribution is 2.13. The molecule has 5 N–H and O–H groups in total. The summed E-state index contributed by atoms with van der Waals surface area (Å²) >= 11 is 0. The lowest BCUT2D eigenvalue weighted by Gasteiger charge is -2.27. The van der Waals surface area contributed by atoms with Gasteiger partial charge in [0.25, 0.3) is 0 Å². The highest BCUT2D eigenvalue weighted by molar-refractivity contribution is 5.71. The molecule has 0 aliphatic heterocycles. The highest BCUT2D eigenvalue weighted by Gasteiger charge is 2.23. The largest absolute Gasteiger partial charge is 0.389 e. The molecule has 0 aromatic carbocycles. The van der Waals surface area contributed by atoms with Crippen LogP contribution in [0.2, 0.25) is 0 Å².